The van der Waals surface area contributed by atoms with Crippen LogP contribution in [0.1, 0.15) is 30.7 Å². The van der Waals surface area contributed by atoms with Crippen molar-refractivity contribution in [2.75, 3.05) is 38.1 Å². The van der Waals surface area contributed by atoms with Gasteiger partial charge < -0.3 is 30.3 Å². The van der Waals surface area contributed by atoms with E-state index in [1.54, 1.807) is 26.0 Å². The lowest BCUT2D eigenvalue weighted by Gasteiger charge is -2.29. The van der Waals surface area contributed by atoms with Gasteiger partial charge >= 0.3 is 0 Å². The predicted molar refractivity (Wildman–Crippen MR) is 116 cm³/mol. The van der Waals surface area contributed by atoms with Gasteiger partial charge in [-0.3, -0.25) is 9.59 Å². The van der Waals surface area contributed by atoms with Crippen LogP contribution in [0.25, 0.3) is 0 Å². The molecule has 0 aliphatic carbocycles. The summed E-state index contributed by atoms with van der Waals surface area (Å²) in [5.74, 6) is 2.32. The largest absolute Gasteiger partial charge is 0.497 e. The van der Waals surface area contributed by atoms with Crippen LogP contribution >= 0.6 is 0 Å². The molecular formula is C21H28N6O4. The van der Waals surface area contributed by atoms with Gasteiger partial charge in [0.25, 0.3) is 0 Å². The molecule has 0 fully saturated rings. The highest BCUT2D eigenvalue weighted by Crippen LogP contribution is 2.27. The number of methoxy groups -OCH3 is 2. The molecule has 0 spiro atoms. The topological polar surface area (TPSA) is 118 Å². The van der Waals surface area contributed by atoms with E-state index < -0.39 is 0 Å². The quantitative estimate of drug-likeness (QED) is 0.542. The van der Waals surface area contributed by atoms with Gasteiger partial charge in [0.05, 0.1) is 33.1 Å². The second kappa shape index (κ2) is 9.96. The van der Waals surface area contributed by atoms with Crippen LogP contribution in [-0.4, -0.2) is 54.1 Å². The van der Waals surface area contributed by atoms with Gasteiger partial charge in [0.15, 0.2) is 0 Å². The Labute approximate surface area is 181 Å². The van der Waals surface area contributed by atoms with Crippen molar-refractivity contribution in [2.45, 2.75) is 33.4 Å². The van der Waals surface area contributed by atoms with Crippen LogP contribution < -0.4 is 25.4 Å². The van der Waals surface area contributed by atoms with Gasteiger partial charge in [-0.1, -0.05) is 0 Å². The first-order valence-corrected chi connectivity index (χ1v) is 9.99. The van der Waals surface area contributed by atoms with Crippen molar-refractivity contribution < 1.29 is 19.1 Å². The molecule has 2 aromatic rings. The molecule has 2 amide bonds. The smallest absolute Gasteiger partial charge is 0.225 e. The zero-order valence-electron chi connectivity index (χ0n) is 18.2. The van der Waals surface area contributed by atoms with Crippen molar-refractivity contribution in [1.82, 2.24) is 20.2 Å². The Morgan fingerprint density at radius 3 is 2.61 bits per heavy atom. The van der Waals surface area contributed by atoms with Crippen molar-refractivity contribution in [2.24, 2.45) is 0 Å². The highest BCUT2D eigenvalue weighted by Gasteiger charge is 2.24. The van der Waals surface area contributed by atoms with Crippen LogP contribution in [0.4, 0.5) is 11.8 Å². The van der Waals surface area contributed by atoms with Crippen molar-refractivity contribution >= 4 is 23.6 Å². The third-order valence-corrected chi connectivity index (χ3v) is 5.03. The summed E-state index contributed by atoms with van der Waals surface area (Å²) in [6, 6.07) is 5.61. The average Bonchev–Trinajstić information content (AvgIpc) is 2.76. The number of nitrogens with zero attached hydrogens (tertiary/aromatic N) is 3. The lowest BCUT2D eigenvalue weighted by Crippen LogP contribution is -2.36. The second-order valence-corrected chi connectivity index (χ2v) is 7.13. The molecule has 166 valence electrons. The maximum atomic E-state index is 11.8. The van der Waals surface area contributed by atoms with E-state index in [0.29, 0.717) is 49.3 Å². The van der Waals surface area contributed by atoms with Gasteiger partial charge in [0.2, 0.25) is 17.8 Å². The number of rotatable bonds is 8. The summed E-state index contributed by atoms with van der Waals surface area (Å²) in [5.41, 5.74) is 2.67. The molecule has 10 nitrogen and oxygen atoms in total. The number of benzene rings is 1. The van der Waals surface area contributed by atoms with E-state index in [2.05, 4.69) is 25.9 Å². The normalized spacial score (nSPS) is 12.6. The Morgan fingerprint density at radius 1 is 1.13 bits per heavy atom. The molecule has 0 atom stereocenters. The highest BCUT2D eigenvalue weighted by molar-refractivity contribution is 5.74. The van der Waals surface area contributed by atoms with Crippen LogP contribution in [0, 0.1) is 0 Å². The molecule has 3 N–H and O–H groups in total. The SMILES string of the molecule is COc1ccc(CNc2nc3c(c(NCNC(C)=O)n2)CN(C(C)=O)CC3)c(OC)c1. The van der Waals surface area contributed by atoms with E-state index >= 15 is 0 Å². The van der Waals surface area contributed by atoms with Crippen LogP contribution in [0.2, 0.25) is 0 Å². The third kappa shape index (κ3) is 5.53. The Morgan fingerprint density at radius 2 is 1.94 bits per heavy atom. The van der Waals surface area contributed by atoms with E-state index in [0.717, 1.165) is 16.8 Å². The van der Waals surface area contributed by atoms with E-state index in [1.165, 1.54) is 6.92 Å². The van der Waals surface area contributed by atoms with Crippen molar-refractivity contribution in [3.8, 4) is 11.5 Å². The Hall–Kier alpha value is -3.56. The molecule has 1 aliphatic heterocycles. The Balaban J connectivity index is 1.82. The third-order valence-electron chi connectivity index (χ3n) is 5.03. The first-order valence-electron chi connectivity index (χ1n) is 9.99. The molecule has 1 aromatic heterocycles. The van der Waals surface area contributed by atoms with E-state index in [9.17, 15) is 9.59 Å². The lowest BCUT2D eigenvalue weighted by molar-refractivity contribution is -0.129. The van der Waals surface area contributed by atoms with Crippen molar-refractivity contribution in [1.29, 1.82) is 0 Å². The summed E-state index contributed by atoms with van der Waals surface area (Å²) in [7, 11) is 3.22. The molecule has 0 saturated heterocycles. The number of hydrogen-bond acceptors (Lipinski definition) is 8. The van der Waals surface area contributed by atoms with Crippen molar-refractivity contribution in [3.05, 3.63) is 35.0 Å². The van der Waals surface area contributed by atoms with Crippen LogP contribution in [-0.2, 0) is 29.1 Å². The first kappa shape index (κ1) is 22.1. The molecule has 0 unspecified atom stereocenters. The summed E-state index contributed by atoms with van der Waals surface area (Å²) in [4.78, 5) is 34.1. The second-order valence-electron chi connectivity index (χ2n) is 7.13. The van der Waals surface area contributed by atoms with E-state index in [-0.39, 0.29) is 18.5 Å². The fourth-order valence-corrected chi connectivity index (χ4v) is 3.33. The summed E-state index contributed by atoms with van der Waals surface area (Å²) < 4.78 is 10.7. The summed E-state index contributed by atoms with van der Waals surface area (Å²) in [5, 5.41) is 9.08. The molecular weight excluding hydrogens is 400 g/mol. The van der Waals surface area contributed by atoms with Gasteiger partial charge in [0, 0.05) is 50.6 Å². The Kier molecular flexibility index (Phi) is 7.11. The van der Waals surface area contributed by atoms with Gasteiger partial charge in [-0.2, -0.15) is 4.98 Å². The molecule has 3 rings (SSSR count). The van der Waals surface area contributed by atoms with Crippen LogP contribution in [0.15, 0.2) is 18.2 Å². The standard InChI is InChI=1S/C21H28N6O4/c1-13(28)23-12-24-20-17-11-27(14(2)29)8-7-18(17)25-21(26-20)22-10-15-5-6-16(30-3)9-19(15)31-4/h5-6,9H,7-8,10-12H2,1-4H3,(H,23,28)(H2,22,24,25,26). The minimum absolute atomic E-state index is 0.00673. The van der Waals surface area contributed by atoms with Crippen molar-refractivity contribution in [3.63, 3.8) is 0 Å². The van der Waals surface area contributed by atoms with Gasteiger partial charge in [-0.05, 0) is 12.1 Å². The molecule has 2 heterocycles. The lowest BCUT2D eigenvalue weighted by atomic mass is 10.1. The molecule has 0 radical (unpaired) electrons. The zero-order valence-corrected chi connectivity index (χ0v) is 18.2. The number of amides is 2. The number of carbonyl (C=O) groups is 2. The number of fused-ring (bicyclic) bond motifs is 1. The molecule has 0 saturated carbocycles. The fraction of sp³-hybridized carbons (Fsp3) is 0.429. The molecule has 1 aliphatic rings. The van der Waals surface area contributed by atoms with Crippen LogP contribution in [0.5, 0.6) is 11.5 Å². The number of aromatic nitrogens is 2. The zero-order chi connectivity index (χ0) is 22.4. The highest BCUT2D eigenvalue weighted by atomic mass is 16.5. The summed E-state index contributed by atoms with van der Waals surface area (Å²) >= 11 is 0. The predicted octanol–water partition coefficient (Wildman–Crippen LogP) is 1.52. The molecule has 1 aromatic carbocycles. The number of hydrogen-bond donors (Lipinski definition) is 3. The summed E-state index contributed by atoms with van der Waals surface area (Å²) in [6.07, 6.45) is 0.632. The number of anilines is 2. The molecule has 0 bridgehead atoms. The Bertz CT molecular complexity index is 965. The average molecular weight is 428 g/mol. The summed E-state index contributed by atoms with van der Waals surface area (Å²) in [6.45, 7) is 4.72. The van der Waals surface area contributed by atoms with E-state index in [4.69, 9.17) is 9.47 Å². The van der Waals surface area contributed by atoms with Crippen LogP contribution in [0.3, 0.4) is 0 Å². The maximum absolute atomic E-state index is 11.8. The van der Waals surface area contributed by atoms with Gasteiger partial charge in [-0.15, -0.1) is 0 Å². The molecule has 31 heavy (non-hydrogen) atoms. The monoisotopic (exact) mass is 428 g/mol. The minimum atomic E-state index is -0.147. The molecule has 10 heteroatoms. The van der Waals surface area contributed by atoms with Gasteiger partial charge in [0.1, 0.15) is 17.3 Å². The number of ether oxygens (including phenoxy) is 2. The van der Waals surface area contributed by atoms with Gasteiger partial charge in [-0.25, -0.2) is 4.98 Å². The minimum Gasteiger partial charge on any atom is -0.497 e. The first-order chi connectivity index (χ1) is 14.9. The van der Waals surface area contributed by atoms with E-state index in [1.807, 2.05) is 18.2 Å². The number of nitrogens with one attached hydrogen (secondary N) is 3. The number of carbonyl (C=O) groups excluding carboxylic acids is 2. The maximum Gasteiger partial charge on any atom is 0.225 e. The fourth-order valence-electron chi connectivity index (χ4n) is 3.33.